The number of nitrogens with one attached hydrogen (secondary N) is 1. The summed E-state index contributed by atoms with van der Waals surface area (Å²) in [7, 11) is 2.10. The number of nitrogens with zero attached hydrogens (tertiary/aromatic N) is 2. The molecule has 0 aromatic heterocycles. The van der Waals surface area contributed by atoms with Crippen LogP contribution in [0.5, 0.6) is 0 Å². The van der Waals surface area contributed by atoms with Gasteiger partial charge < -0.3 is 10.2 Å². The number of amides is 3. The average molecular weight is 329 g/mol. The first-order valence-electron chi connectivity index (χ1n) is 8.47. The van der Waals surface area contributed by atoms with Crippen LogP contribution < -0.4 is 10.2 Å². The summed E-state index contributed by atoms with van der Waals surface area (Å²) in [4.78, 5) is 38.4. The van der Waals surface area contributed by atoms with Gasteiger partial charge in [0, 0.05) is 51.6 Å². The zero-order chi connectivity index (χ0) is 17.1. The minimum Gasteiger partial charge on any atom is -0.374 e. The summed E-state index contributed by atoms with van der Waals surface area (Å²) in [5, 5.41) is 2.87. The fourth-order valence-corrected chi connectivity index (χ4v) is 3.32. The van der Waals surface area contributed by atoms with E-state index < -0.39 is 0 Å². The summed E-state index contributed by atoms with van der Waals surface area (Å²) in [5.41, 5.74) is 3.66. The Kier molecular flexibility index (Phi) is 4.83. The molecule has 6 heteroatoms. The van der Waals surface area contributed by atoms with Gasteiger partial charge in [0.1, 0.15) is 0 Å². The summed E-state index contributed by atoms with van der Waals surface area (Å²) in [5.74, 6) is -0.490. The lowest BCUT2D eigenvalue weighted by atomic mass is 9.99. The van der Waals surface area contributed by atoms with E-state index in [1.165, 1.54) is 16.2 Å². The van der Waals surface area contributed by atoms with Crippen molar-refractivity contribution in [3.05, 3.63) is 29.3 Å². The van der Waals surface area contributed by atoms with Crippen molar-refractivity contribution in [3.63, 3.8) is 0 Å². The highest BCUT2D eigenvalue weighted by Crippen LogP contribution is 2.26. The SMILES string of the molecule is CN1CCCc2cc(CNC(=O)CCN3C(=O)CCC3=O)ccc21. The highest BCUT2D eigenvalue weighted by atomic mass is 16.2. The second kappa shape index (κ2) is 7.03. The highest BCUT2D eigenvalue weighted by molar-refractivity contribution is 6.02. The van der Waals surface area contributed by atoms with E-state index >= 15 is 0 Å². The minimum atomic E-state index is -0.174. The van der Waals surface area contributed by atoms with Gasteiger partial charge in [0.15, 0.2) is 0 Å². The molecule has 0 radical (unpaired) electrons. The number of fused-ring (bicyclic) bond motifs is 1. The molecule has 1 fully saturated rings. The molecule has 2 aliphatic heterocycles. The number of likely N-dealkylation sites (tertiary alicyclic amines) is 1. The maximum atomic E-state index is 12.0. The van der Waals surface area contributed by atoms with Crippen LogP contribution in [-0.2, 0) is 27.3 Å². The molecule has 3 amide bonds. The fraction of sp³-hybridized carbons (Fsp3) is 0.500. The molecule has 0 unspecified atom stereocenters. The molecule has 6 nitrogen and oxygen atoms in total. The minimum absolute atomic E-state index is 0.141. The van der Waals surface area contributed by atoms with Crippen molar-refractivity contribution >= 4 is 23.4 Å². The number of hydrogen-bond donors (Lipinski definition) is 1. The van der Waals surface area contributed by atoms with Gasteiger partial charge >= 0.3 is 0 Å². The molecular weight excluding hydrogens is 306 g/mol. The van der Waals surface area contributed by atoms with Gasteiger partial charge in [-0.1, -0.05) is 12.1 Å². The summed E-state index contributed by atoms with van der Waals surface area (Å²) in [6.07, 6.45) is 2.91. The topological polar surface area (TPSA) is 69.7 Å². The molecule has 0 aliphatic carbocycles. The van der Waals surface area contributed by atoms with E-state index in [4.69, 9.17) is 0 Å². The van der Waals surface area contributed by atoms with Crippen LogP contribution in [0.2, 0.25) is 0 Å². The number of benzene rings is 1. The molecule has 1 N–H and O–H groups in total. The molecule has 2 aliphatic rings. The largest absolute Gasteiger partial charge is 0.374 e. The van der Waals surface area contributed by atoms with Crippen molar-refractivity contribution in [1.82, 2.24) is 10.2 Å². The number of rotatable bonds is 5. The zero-order valence-electron chi connectivity index (χ0n) is 14.0. The van der Waals surface area contributed by atoms with Gasteiger partial charge in [0.2, 0.25) is 17.7 Å². The molecule has 1 aromatic rings. The third kappa shape index (κ3) is 3.58. The quantitative estimate of drug-likeness (QED) is 0.825. The Balaban J connectivity index is 1.49. The lowest BCUT2D eigenvalue weighted by Crippen LogP contribution is -2.34. The van der Waals surface area contributed by atoms with Gasteiger partial charge in [-0.3, -0.25) is 19.3 Å². The predicted molar refractivity (Wildman–Crippen MR) is 90.5 cm³/mol. The molecule has 24 heavy (non-hydrogen) atoms. The van der Waals surface area contributed by atoms with Crippen LogP contribution >= 0.6 is 0 Å². The normalized spacial score (nSPS) is 17.2. The maximum absolute atomic E-state index is 12.0. The third-order valence-electron chi connectivity index (χ3n) is 4.70. The molecule has 3 rings (SSSR count). The smallest absolute Gasteiger partial charge is 0.229 e. The van der Waals surface area contributed by atoms with Crippen molar-refractivity contribution in [2.75, 3.05) is 25.0 Å². The molecule has 128 valence electrons. The van der Waals surface area contributed by atoms with Crippen LogP contribution in [0.1, 0.15) is 36.8 Å². The summed E-state index contributed by atoms with van der Waals surface area (Å²) in [6.45, 7) is 1.73. The van der Waals surface area contributed by atoms with Crippen LogP contribution in [0.4, 0.5) is 5.69 Å². The number of carbonyl (C=O) groups is 3. The number of aryl methyl sites for hydroxylation is 1. The van der Waals surface area contributed by atoms with Crippen molar-refractivity contribution in [2.24, 2.45) is 0 Å². The van der Waals surface area contributed by atoms with Crippen LogP contribution in [0.25, 0.3) is 0 Å². The molecule has 1 saturated heterocycles. The van der Waals surface area contributed by atoms with Gasteiger partial charge in [0.25, 0.3) is 0 Å². The fourth-order valence-electron chi connectivity index (χ4n) is 3.32. The lowest BCUT2D eigenvalue weighted by Gasteiger charge is -2.27. The van der Waals surface area contributed by atoms with Gasteiger partial charge in [-0.25, -0.2) is 0 Å². The molecule has 0 atom stereocenters. The Bertz CT molecular complexity index is 655. The third-order valence-corrected chi connectivity index (χ3v) is 4.70. The second-order valence-corrected chi connectivity index (χ2v) is 6.45. The number of imide groups is 1. The van der Waals surface area contributed by atoms with Crippen LogP contribution in [0, 0.1) is 0 Å². The van der Waals surface area contributed by atoms with Crippen LogP contribution in [0.15, 0.2) is 18.2 Å². The highest BCUT2D eigenvalue weighted by Gasteiger charge is 2.28. The van der Waals surface area contributed by atoms with Crippen molar-refractivity contribution in [1.29, 1.82) is 0 Å². The van der Waals surface area contributed by atoms with E-state index in [1.54, 1.807) is 0 Å². The molecule has 0 spiro atoms. The Morgan fingerprint density at radius 3 is 2.67 bits per heavy atom. The first-order chi connectivity index (χ1) is 11.5. The predicted octanol–water partition coefficient (Wildman–Crippen LogP) is 1.22. The van der Waals surface area contributed by atoms with Crippen molar-refractivity contribution in [3.8, 4) is 0 Å². The Labute approximate surface area is 141 Å². The number of anilines is 1. The monoisotopic (exact) mass is 329 g/mol. The van der Waals surface area contributed by atoms with E-state index in [9.17, 15) is 14.4 Å². The first kappa shape index (κ1) is 16.5. The van der Waals surface area contributed by atoms with E-state index in [-0.39, 0.29) is 43.5 Å². The Morgan fingerprint density at radius 1 is 1.17 bits per heavy atom. The number of carbonyl (C=O) groups excluding carboxylic acids is 3. The second-order valence-electron chi connectivity index (χ2n) is 6.45. The van der Waals surface area contributed by atoms with Gasteiger partial charge in [0.05, 0.1) is 0 Å². The summed E-state index contributed by atoms with van der Waals surface area (Å²) < 4.78 is 0. The van der Waals surface area contributed by atoms with Crippen molar-refractivity contribution in [2.45, 2.75) is 38.6 Å². The lowest BCUT2D eigenvalue weighted by molar-refractivity contribution is -0.138. The standard InChI is InChI=1S/C18H23N3O3/c1-20-9-2-3-14-11-13(4-5-15(14)20)12-19-16(22)8-10-21-17(23)6-7-18(21)24/h4-5,11H,2-3,6-10,12H2,1H3,(H,19,22). The van der Waals surface area contributed by atoms with Crippen LogP contribution in [0.3, 0.4) is 0 Å². The molecule has 0 bridgehead atoms. The zero-order valence-corrected chi connectivity index (χ0v) is 14.0. The van der Waals surface area contributed by atoms with Gasteiger partial charge in [-0.05, 0) is 30.0 Å². The van der Waals surface area contributed by atoms with Gasteiger partial charge in [-0.15, -0.1) is 0 Å². The summed E-state index contributed by atoms with van der Waals surface area (Å²) >= 11 is 0. The average Bonchev–Trinajstić information content (AvgIpc) is 2.89. The molecule has 2 heterocycles. The van der Waals surface area contributed by atoms with Crippen molar-refractivity contribution < 1.29 is 14.4 Å². The number of hydrogen-bond acceptors (Lipinski definition) is 4. The Hall–Kier alpha value is -2.37. The van der Waals surface area contributed by atoms with E-state index in [0.29, 0.717) is 6.54 Å². The molecule has 1 aromatic carbocycles. The van der Waals surface area contributed by atoms with Gasteiger partial charge in [-0.2, -0.15) is 0 Å². The summed E-state index contributed by atoms with van der Waals surface area (Å²) in [6, 6.07) is 6.30. The van der Waals surface area contributed by atoms with E-state index in [1.807, 2.05) is 6.07 Å². The maximum Gasteiger partial charge on any atom is 0.229 e. The first-order valence-corrected chi connectivity index (χ1v) is 8.47. The molecular formula is C18H23N3O3. The Morgan fingerprint density at radius 2 is 1.92 bits per heavy atom. The van der Waals surface area contributed by atoms with E-state index in [2.05, 4.69) is 29.4 Å². The molecule has 0 saturated carbocycles. The van der Waals surface area contributed by atoms with E-state index in [0.717, 1.165) is 24.9 Å². The van der Waals surface area contributed by atoms with Crippen LogP contribution in [-0.4, -0.2) is 42.8 Å².